The van der Waals surface area contributed by atoms with Crippen LogP contribution in [0.3, 0.4) is 0 Å². The molecule has 0 aromatic rings. The van der Waals surface area contributed by atoms with Crippen LogP contribution in [0.15, 0.2) is 28.9 Å². The highest BCUT2D eigenvalue weighted by molar-refractivity contribution is 6.74. The number of rotatable bonds is 11. The monoisotopic (exact) mass is 465 g/mol. The molecule has 0 amide bonds. The molecule has 182 valence electrons. The van der Waals surface area contributed by atoms with E-state index < -0.39 is 8.32 Å². The van der Waals surface area contributed by atoms with E-state index in [9.17, 15) is 9.90 Å². The minimum absolute atomic E-state index is 0.0834. The van der Waals surface area contributed by atoms with Gasteiger partial charge in [-0.15, -0.1) is 0 Å². The summed E-state index contributed by atoms with van der Waals surface area (Å²) in [6.07, 6.45) is 6.39. The zero-order valence-corrected chi connectivity index (χ0v) is 21.8. The number of aliphatic hydroxyl groups is 1. The van der Waals surface area contributed by atoms with E-state index >= 15 is 0 Å². The fourth-order valence-corrected chi connectivity index (χ4v) is 5.82. The maximum Gasteiger partial charge on any atom is 0.338 e. The van der Waals surface area contributed by atoms with Crippen molar-refractivity contribution in [2.75, 3.05) is 13.2 Å². The SMILES string of the molecule is C=CCOC(=O)C1=C(CCC[C@@H](C)O[Si](C)(C)C(C)(C)C)N=C(N)N2[C@H](CCO)CC[C@@H]12. The topological polar surface area (TPSA) is 97.4 Å². The van der Waals surface area contributed by atoms with Crippen LogP contribution in [0.1, 0.15) is 66.2 Å². The van der Waals surface area contributed by atoms with E-state index in [0.29, 0.717) is 24.4 Å². The minimum Gasteiger partial charge on any atom is -0.458 e. The maximum absolute atomic E-state index is 12.9. The van der Waals surface area contributed by atoms with Gasteiger partial charge in [0.2, 0.25) is 0 Å². The Balaban J connectivity index is 2.14. The summed E-state index contributed by atoms with van der Waals surface area (Å²) < 4.78 is 11.9. The molecule has 0 saturated carbocycles. The Morgan fingerprint density at radius 2 is 2.09 bits per heavy atom. The number of nitrogens with zero attached hydrogens (tertiary/aromatic N) is 2. The summed E-state index contributed by atoms with van der Waals surface area (Å²) in [4.78, 5) is 19.6. The van der Waals surface area contributed by atoms with Crippen LogP contribution in [0.4, 0.5) is 0 Å². The lowest BCUT2D eigenvalue weighted by Crippen LogP contribution is -2.50. The maximum atomic E-state index is 12.9. The average Bonchev–Trinajstić information content (AvgIpc) is 3.09. The zero-order valence-electron chi connectivity index (χ0n) is 20.8. The molecule has 1 fully saturated rings. The van der Waals surface area contributed by atoms with Crippen molar-refractivity contribution in [3.8, 4) is 0 Å². The number of esters is 1. The largest absolute Gasteiger partial charge is 0.458 e. The molecule has 2 heterocycles. The highest BCUT2D eigenvalue weighted by Gasteiger charge is 2.43. The number of fused-ring (bicyclic) bond motifs is 1. The van der Waals surface area contributed by atoms with Gasteiger partial charge in [-0.25, -0.2) is 9.79 Å². The van der Waals surface area contributed by atoms with E-state index in [1.54, 1.807) is 6.08 Å². The van der Waals surface area contributed by atoms with Crippen LogP contribution in [0, 0.1) is 0 Å². The second-order valence-electron chi connectivity index (χ2n) is 10.5. The fraction of sp³-hybridized carbons (Fsp3) is 0.750. The Labute approximate surface area is 194 Å². The van der Waals surface area contributed by atoms with Gasteiger partial charge in [0.1, 0.15) is 6.61 Å². The molecule has 0 unspecified atom stereocenters. The lowest BCUT2D eigenvalue weighted by Gasteiger charge is -2.38. The number of aliphatic imine (C=N–C) groups is 1. The number of nitrogens with two attached hydrogens (primary N) is 1. The van der Waals surface area contributed by atoms with E-state index in [-0.39, 0.29) is 42.4 Å². The third-order valence-corrected chi connectivity index (χ3v) is 11.6. The summed E-state index contributed by atoms with van der Waals surface area (Å²) in [7, 11) is -1.82. The number of carbonyl (C=O) groups excluding carboxylic acids is 1. The van der Waals surface area contributed by atoms with E-state index in [1.165, 1.54) is 0 Å². The van der Waals surface area contributed by atoms with Crippen LogP contribution < -0.4 is 5.73 Å². The Bertz CT molecular complexity index is 742. The zero-order chi connectivity index (χ0) is 24.1. The van der Waals surface area contributed by atoms with Gasteiger partial charge in [0.05, 0.1) is 17.3 Å². The van der Waals surface area contributed by atoms with Crippen LogP contribution in [0.25, 0.3) is 0 Å². The first-order valence-corrected chi connectivity index (χ1v) is 14.8. The Morgan fingerprint density at radius 3 is 2.69 bits per heavy atom. The van der Waals surface area contributed by atoms with Gasteiger partial charge in [-0.3, -0.25) is 0 Å². The molecule has 0 aromatic heterocycles. The van der Waals surface area contributed by atoms with E-state index in [2.05, 4.69) is 52.4 Å². The van der Waals surface area contributed by atoms with Crippen LogP contribution in [-0.2, 0) is 14.0 Å². The van der Waals surface area contributed by atoms with Crippen LogP contribution >= 0.6 is 0 Å². The highest BCUT2D eigenvalue weighted by atomic mass is 28.4. The first-order chi connectivity index (χ1) is 14.9. The van der Waals surface area contributed by atoms with E-state index in [4.69, 9.17) is 14.9 Å². The smallest absolute Gasteiger partial charge is 0.338 e. The molecule has 2 aliphatic rings. The number of carbonyl (C=O) groups is 1. The van der Waals surface area contributed by atoms with Crippen molar-refractivity contribution in [1.82, 2.24) is 4.90 Å². The van der Waals surface area contributed by atoms with Crippen molar-refractivity contribution in [2.45, 2.75) is 103 Å². The molecule has 2 aliphatic heterocycles. The molecule has 2 rings (SSSR count). The van der Waals surface area contributed by atoms with Crippen LogP contribution in [-0.4, -0.2) is 61.7 Å². The van der Waals surface area contributed by atoms with Gasteiger partial charge in [0.15, 0.2) is 14.3 Å². The average molecular weight is 466 g/mol. The molecule has 3 atom stereocenters. The van der Waals surface area contributed by atoms with Crippen molar-refractivity contribution in [2.24, 2.45) is 10.7 Å². The molecule has 8 heteroatoms. The molecule has 7 nitrogen and oxygen atoms in total. The predicted molar refractivity (Wildman–Crippen MR) is 132 cm³/mol. The number of guanidine groups is 1. The standard InChI is InChI=1S/C24H43N3O4Si/c1-8-16-30-22(29)21-19(11-9-10-17(2)31-32(6,7)24(3,4)5)26-23(25)27-18(14-15-28)12-13-20(21)27/h8,17-18,20,28H,1,9-16H2,2-7H3,(H2,25,26)/t17-,18+,20+/m1/s1. The van der Waals surface area contributed by atoms with Crippen LogP contribution in [0.2, 0.25) is 18.1 Å². The number of hydrogen-bond donors (Lipinski definition) is 2. The highest BCUT2D eigenvalue weighted by Crippen LogP contribution is 2.39. The quantitative estimate of drug-likeness (QED) is 0.271. The lowest BCUT2D eigenvalue weighted by molar-refractivity contribution is -0.138. The van der Waals surface area contributed by atoms with Gasteiger partial charge in [0, 0.05) is 18.8 Å². The van der Waals surface area contributed by atoms with Crippen molar-refractivity contribution in [1.29, 1.82) is 0 Å². The molecular formula is C24H43N3O4Si. The first-order valence-electron chi connectivity index (χ1n) is 11.8. The summed E-state index contributed by atoms with van der Waals surface area (Å²) >= 11 is 0. The summed E-state index contributed by atoms with van der Waals surface area (Å²) in [6.45, 7) is 17.3. The number of ether oxygens (including phenoxy) is 1. The fourth-order valence-electron chi connectivity index (χ4n) is 4.35. The molecular weight excluding hydrogens is 422 g/mol. The number of aliphatic hydroxyl groups excluding tert-OH is 1. The molecule has 32 heavy (non-hydrogen) atoms. The molecule has 1 saturated heterocycles. The van der Waals surface area contributed by atoms with Crippen LogP contribution in [0.5, 0.6) is 0 Å². The second kappa shape index (κ2) is 11.0. The Hall–Kier alpha value is -1.64. The molecule has 3 N–H and O–H groups in total. The third-order valence-electron chi connectivity index (χ3n) is 7.00. The molecule has 0 bridgehead atoms. The normalized spacial score (nSPS) is 22.5. The summed E-state index contributed by atoms with van der Waals surface area (Å²) in [5.41, 5.74) is 7.66. The van der Waals surface area contributed by atoms with Crippen molar-refractivity contribution >= 4 is 20.2 Å². The third kappa shape index (κ3) is 6.23. The first kappa shape index (κ1) is 26.6. The van der Waals surface area contributed by atoms with Gasteiger partial charge in [-0.2, -0.15) is 0 Å². The van der Waals surface area contributed by atoms with Crippen molar-refractivity contribution in [3.63, 3.8) is 0 Å². The molecule has 0 radical (unpaired) electrons. The molecule has 0 aromatic carbocycles. The van der Waals surface area contributed by atoms with Gasteiger partial charge in [0.25, 0.3) is 0 Å². The summed E-state index contributed by atoms with van der Waals surface area (Å²) in [5.74, 6) is 0.0909. The Kier molecular flexibility index (Phi) is 9.13. The van der Waals surface area contributed by atoms with Crippen molar-refractivity contribution < 1.29 is 19.1 Å². The van der Waals surface area contributed by atoms with Gasteiger partial charge in [-0.1, -0.05) is 33.4 Å². The number of hydrogen-bond acceptors (Lipinski definition) is 7. The van der Waals surface area contributed by atoms with Gasteiger partial charge in [-0.05, 0) is 63.6 Å². The van der Waals surface area contributed by atoms with E-state index in [0.717, 1.165) is 31.4 Å². The summed E-state index contributed by atoms with van der Waals surface area (Å²) in [6, 6.07) is -0.0483. The minimum atomic E-state index is -1.82. The Morgan fingerprint density at radius 1 is 1.41 bits per heavy atom. The van der Waals surface area contributed by atoms with E-state index in [1.807, 2.05) is 4.90 Å². The van der Waals surface area contributed by atoms with Crippen molar-refractivity contribution in [3.05, 3.63) is 23.9 Å². The summed E-state index contributed by atoms with van der Waals surface area (Å²) in [5, 5.41) is 9.59. The second-order valence-corrected chi connectivity index (χ2v) is 15.2. The van der Waals surface area contributed by atoms with Gasteiger partial charge >= 0.3 is 5.97 Å². The lowest BCUT2D eigenvalue weighted by atomic mass is 9.98. The number of allylic oxidation sites excluding steroid dienone is 1. The predicted octanol–water partition coefficient (Wildman–Crippen LogP) is 4.09. The van der Waals surface area contributed by atoms with Gasteiger partial charge < -0.3 is 24.9 Å². The molecule has 0 spiro atoms. The molecule has 0 aliphatic carbocycles.